The largest absolute Gasteiger partial charge is 0.477 e. The van der Waals surface area contributed by atoms with Crippen LogP contribution in [0.2, 0.25) is 0 Å². The van der Waals surface area contributed by atoms with Crippen molar-refractivity contribution in [3.8, 4) is 0 Å². The van der Waals surface area contributed by atoms with Crippen molar-refractivity contribution in [3.63, 3.8) is 0 Å². The number of fused-ring (bicyclic) bond motifs is 1. The molecule has 0 aliphatic carbocycles. The van der Waals surface area contributed by atoms with Crippen molar-refractivity contribution in [1.82, 2.24) is 20.0 Å². The summed E-state index contributed by atoms with van der Waals surface area (Å²) >= 11 is 0. The summed E-state index contributed by atoms with van der Waals surface area (Å²) in [7, 11) is 1.58. The third kappa shape index (κ3) is 3.08. The van der Waals surface area contributed by atoms with Crippen molar-refractivity contribution < 1.29 is 19.1 Å². The number of nitrogens with one attached hydrogen (secondary N) is 1. The standard InChI is InChI=1S/C16H17FN4O3/c1-20-14(15(22)23)12-9-21(7-6-13(12)19-20)16(24)18-8-10-2-4-11(17)5-3-10/h2-5H,6-9H2,1H3,(H,18,24)(H,22,23). The van der Waals surface area contributed by atoms with Gasteiger partial charge in [0.1, 0.15) is 5.82 Å². The quantitative estimate of drug-likeness (QED) is 0.892. The first-order valence-electron chi connectivity index (χ1n) is 7.51. The molecule has 1 aliphatic heterocycles. The molecule has 0 fully saturated rings. The first-order valence-corrected chi connectivity index (χ1v) is 7.51. The maximum Gasteiger partial charge on any atom is 0.354 e. The number of carbonyl (C=O) groups is 2. The predicted molar refractivity (Wildman–Crippen MR) is 82.9 cm³/mol. The Kier molecular flexibility index (Phi) is 4.20. The predicted octanol–water partition coefficient (Wildman–Crippen LogP) is 1.53. The molecule has 0 atom stereocenters. The number of hydrogen-bond donors (Lipinski definition) is 2. The number of amides is 2. The molecule has 24 heavy (non-hydrogen) atoms. The zero-order chi connectivity index (χ0) is 17.3. The number of aryl methyl sites for hydroxylation is 1. The molecule has 2 N–H and O–H groups in total. The number of nitrogens with zero attached hydrogens (tertiary/aromatic N) is 3. The van der Waals surface area contributed by atoms with Gasteiger partial charge in [0.05, 0.1) is 12.2 Å². The second-order valence-corrected chi connectivity index (χ2v) is 5.66. The normalized spacial score (nSPS) is 13.5. The number of carboxylic acid groups (broad SMARTS) is 1. The van der Waals surface area contributed by atoms with Crippen molar-refractivity contribution >= 4 is 12.0 Å². The minimum Gasteiger partial charge on any atom is -0.477 e. The maximum absolute atomic E-state index is 12.9. The Hall–Kier alpha value is -2.90. The van der Waals surface area contributed by atoms with Crippen LogP contribution in [-0.4, -0.2) is 38.3 Å². The van der Waals surface area contributed by atoms with Crippen LogP contribution in [0.3, 0.4) is 0 Å². The van der Waals surface area contributed by atoms with E-state index in [9.17, 15) is 19.1 Å². The smallest absolute Gasteiger partial charge is 0.354 e. The number of rotatable bonds is 3. The van der Waals surface area contributed by atoms with Gasteiger partial charge in [0.25, 0.3) is 0 Å². The van der Waals surface area contributed by atoms with Crippen molar-refractivity contribution in [2.24, 2.45) is 7.05 Å². The Morgan fingerprint density at radius 3 is 2.71 bits per heavy atom. The minimum atomic E-state index is -1.06. The van der Waals surface area contributed by atoms with Crippen molar-refractivity contribution in [1.29, 1.82) is 0 Å². The first-order chi connectivity index (χ1) is 11.5. The van der Waals surface area contributed by atoms with Crippen LogP contribution in [0.1, 0.15) is 27.3 Å². The van der Waals surface area contributed by atoms with Crippen LogP contribution in [0.5, 0.6) is 0 Å². The van der Waals surface area contributed by atoms with Gasteiger partial charge in [0.2, 0.25) is 0 Å². The lowest BCUT2D eigenvalue weighted by molar-refractivity contribution is 0.0682. The number of urea groups is 1. The van der Waals surface area contributed by atoms with E-state index in [1.54, 1.807) is 24.1 Å². The number of benzene rings is 1. The lowest BCUT2D eigenvalue weighted by Crippen LogP contribution is -2.42. The molecule has 8 heteroatoms. The summed E-state index contributed by atoms with van der Waals surface area (Å²) in [6.07, 6.45) is 0.514. The van der Waals surface area contributed by atoms with Gasteiger partial charge in [-0.05, 0) is 17.7 Å². The topological polar surface area (TPSA) is 87.5 Å². The minimum absolute atomic E-state index is 0.112. The Bertz CT molecular complexity index is 785. The van der Waals surface area contributed by atoms with Crippen LogP contribution >= 0.6 is 0 Å². The third-order valence-corrected chi connectivity index (χ3v) is 4.04. The van der Waals surface area contributed by atoms with Gasteiger partial charge < -0.3 is 15.3 Å². The SMILES string of the molecule is Cn1nc2c(c1C(=O)O)CN(C(=O)NCc1ccc(F)cc1)CC2. The van der Waals surface area contributed by atoms with E-state index in [0.717, 1.165) is 11.3 Å². The van der Waals surface area contributed by atoms with Crippen LogP contribution in [0.15, 0.2) is 24.3 Å². The highest BCUT2D eigenvalue weighted by molar-refractivity contribution is 5.88. The first kappa shape index (κ1) is 16.0. The Balaban J connectivity index is 1.67. The number of aromatic nitrogens is 2. The van der Waals surface area contributed by atoms with Gasteiger partial charge in [-0.3, -0.25) is 4.68 Å². The molecule has 2 aromatic rings. The average Bonchev–Trinajstić information content (AvgIpc) is 2.89. The average molecular weight is 332 g/mol. The summed E-state index contributed by atoms with van der Waals surface area (Å²) < 4.78 is 14.2. The fraction of sp³-hybridized carbons (Fsp3) is 0.312. The highest BCUT2D eigenvalue weighted by Gasteiger charge is 2.29. The molecule has 7 nitrogen and oxygen atoms in total. The molecule has 0 saturated heterocycles. The van der Waals surface area contributed by atoms with Gasteiger partial charge in [-0.25, -0.2) is 14.0 Å². The summed E-state index contributed by atoms with van der Waals surface area (Å²) in [5.74, 6) is -1.38. The fourth-order valence-electron chi connectivity index (χ4n) is 2.83. The molecule has 126 valence electrons. The fourth-order valence-corrected chi connectivity index (χ4v) is 2.83. The number of aromatic carboxylic acids is 1. The number of carbonyl (C=O) groups excluding carboxylic acids is 1. The molecular weight excluding hydrogens is 315 g/mol. The van der Waals surface area contributed by atoms with Gasteiger partial charge in [0, 0.05) is 32.1 Å². The van der Waals surface area contributed by atoms with Crippen molar-refractivity contribution in [3.05, 3.63) is 52.6 Å². The molecule has 1 aromatic carbocycles. The second-order valence-electron chi connectivity index (χ2n) is 5.66. The van der Waals surface area contributed by atoms with Crippen LogP contribution in [0.25, 0.3) is 0 Å². The Labute approximate surface area is 137 Å². The third-order valence-electron chi connectivity index (χ3n) is 4.04. The van der Waals surface area contributed by atoms with E-state index in [4.69, 9.17) is 0 Å². The molecule has 0 unspecified atom stereocenters. The number of carboxylic acids is 1. The molecule has 0 radical (unpaired) electrons. The van der Waals surface area contributed by atoms with Crippen molar-refractivity contribution in [2.45, 2.75) is 19.5 Å². The zero-order valence-electron chi connectivity index (χ0n) is 13.1. The van der Waals surface area contributed by atoms with Crippen LogP contribution in [0.4, 0.5) is 9.18 Å². The van der Waals surface area contributed by atoms with Gasteiger partial charge in [-0.15, -0.1) is 0 Å². The Morgan fingerprint density at radius 2 is 2.04 bits per heavy atom. The molecule has 0 saturated carbocycles. The molecule has 3 rings (SSSR count). The molecule has 1 aliphatic rings. The van der Waals surface area contributed by atoms with Crippen LogP contribution in [-0.2, 0) is 26.6 Å². The summed E-state index contributed by atoms with van der Waals surface area (Å²) in [5, 5.41) is 16.3. The summed E-state index contributed by atoms with van der Waals surface area (Å²) in [4.78, 5) is 25.2. The van der Waals surface area contributed by atoms with E-state index in [2.05, 4.69) is 10.4 Å². The van der Waals surface area contributed by atoms with Crippen LogP contribution < -0.4 is 5.32 Å². The monoisotopic (exact) mass is 332 g/mol. The number of hydrogen-bond acceptors (Lipinski definition) is 3. The molecule has 2 amide bonds. The summed E-state index contributed by atoms with van der Waals surface area (Å²) in [6, 6.07) is 5.60. The summed E-state index contributed by atoms with van der Waals surface area (Å²) in [5.41, 5.74) is 2.20. The molecule has 1 aromatic heterocycles. The van der Waals surface area contributed by atoms with Crippen LogP contribution in [0, 0.1) is 5.82 Å². The summed E-state index contributed by atoms with van der Waals surface area (Å²) in [6.45, 7) is 0.958. The number of halogens is 1. The maximum atomic E-state index is 12.9. The molecule has 0 spiro atoms. The van der Waals surface area contributed by atoms with Gasteiger partial charge in [-0.1, -0.05) is 12.1 Å². The van der Waals surface area contributed by atoms with E-state index in [1.165, 1.54) is 16.8 Å². The van der Waals surface area contributed by atoms with Gasteiger partial charge in [0.15, 0.2) is 5.69 Å². The Morgan fingerprint density at radius 1 is 1.33 bits per heavy atom. The van der Waals surface area contributed by atoms with E-state index < -0.39 is 5.97 Å². The molecule has 0 bridgehead atoms. The van der Waals surface area contributed by atoms with Gasteiger partial charge >= 0.3 is 12.0 Å². The molecule has 2 heterocycles. The highest BCUT2D eigenvalue weighted by Crippen LogP contribution is 2.22. The van der Waals surface area contributed by atoms with E-state index >= 15 is 0 Å². The second kappa shape index (κ2) is 6.31. The van der Waals surface area contributed by atoms with E-state index in [0.29, 0.717) is 18.5 Å². The lowest BCUT2D eigenvalue weighted by atomic mass is 10.1. The van der Waals surface area contributed by atoms with E-state index in [1.807, 2.05) is 0 Å². The highest BCUT2D eigenvalue weighted by atomic mass is 19.1. The lowest BCUT2D eigenvalue weighted by Gasteiger charge is -2.26. The molecular formula is C16H17FN4O3. The zero-order valence-corrected chi connectivity index (χ0v) is 13.1. The van der Waals surface area contributed by atoms with Gasteiger partial charge in [-0.2, -0.15) is 5.10 Å². The van der Waals surface area contributed by atoms with Crippen molar-refractivity contribution in [2.75, 3.05) is 6.54 Å². The van der Waals surface area contributed by atoms with E-state index in [-0.39, 0.29) is 30.6 Å².